The lowest BCUT2D eigenvalue weighted by atomic mass is 9.88. The van der Waals surface area contributed by atoms with Crippen molar-refractivity contribution in [1.82, 2.24) is 15.3 Å². The molecule has 2 N–H and O–H groups in total. The molecule has 0 aliphatic heterocycles. The van der Waals surface area contributed by atoms with Crippen LogP contribution in [0, 0.1) is 12.3 Å². The summed E-state index contributed by atoms with van der Waals surface area (Å²) < 4.78 is 0. The number of nitrogens with one attached hydrogen (secondary N) is 2. The number of rotatable bonds is 3. The highest BCUT2D eigenvalue weighted by Crippen LogP contribution is 2.18. The maximum Gasteiger partial charge on any atom is 0.103 e. The van der Waals surface area contributed by atoms with Crippen LogP contribution in [0.5, 0.6) is 0 Å². The standard InChI is InChI=1S/C11H21N3/c1-8(11(3,4)5)12-6-10-7-13-9(2)14-10/h7-8,12H,6H2,1-5H3,(H,13,14). The van der Waals surface area contributed by atoms with Crippen molar-refractivity contribution < 1.29 is 0 Å². The van der Waals surface area contributed by atoms with Crippen LogP contribution in [0.3, 0.4) is 0 Å². The molecule has 3 heteroatoms. The van der Waals surface area contributed by atoms with E-state index in [0.29, 0.717) is 11.5 Å². The molecule has 0 radical (unpaired) electrons. The Morgan fingerprint density at radius 3 is 2.57 bits per heavy atom. The molecule has 0 bridgehead atoms. The van der Waals surface area contributed by atoms with Crippen molar-refractivity contribution in [3.05, 3.63) is 17.7 Å². The van der Waals surface area contributed by atoms with Gasteiger partial charge in [0.2, 0.25) is 0 Å². The van der Waals surface area contributed by atoms with Crippen molar-refractivity contribution in [1.29, 1.82) is 0 Å². The minimum atomic E-state index is 0.301. The normalized spacial score (nSPS) is 14.4. The molecule has 80 valence electrons. The Balaban J connectivity index is 2.41. The predicted octanol–water partition coefficient (Wildman–Crippen LogP) is 2.24. The van der Waals surface area contributed by atoms with Gasteiger partial charge in [0, 0.05) is 24.5 Å². The van der Waals surface area contributed by atoms with Crippen molar-refractivity contribution in [2.45, 2.75) is 47.2 Å². The molecule has 0 fully saturated rings. The number of hydrogen-bond donors (Lipinski definition) is 2. The van der Waals surface area contributed by atoms with Gasteiger partial charge in [-0.2, -0.15) is 0 Å². The molecule has 0 aliphatic carbocycles. The summed E-state index contributed by atoms with van der Waals surface area (Å²) in [4.78, 5) is 7.37. The molecule has 1 rings (SSSR count). The Kier molecular flexibility index (Phi) is 3.32. The van der Waals surface area contributed by atoms with Crippen LogP contribution in [0.4, 0.5) is 0 Å². The van der Waals surface area contributed by atoms with Gasteiger partial charge in [0.1, 0.15) is 5.82 Å². The van der Waals surface area contributed by atoms with Crippen molar-refractivity contribution in [2.24, 2.45) is 5.41 Å². The number of nitrogens with zero attached hydrogens (tertiary/aromatic N) is 1. The lowest BCUT2D eigenvalue weighted by molar-refractivity contribution is 0.284. The first-order chi connectivity index (χ1) is 6.39. The van der Waals surface area contributed by atoms with Gasteiger partial charge < -0.3 is 10.3 Å². The van der Waals surface area contributed by atoms with Crippen LogP contribution in [0.2, 0.25) is 0 Å². The summed E-state index contributed by atoms with van der Waals surface area (Å²) in [6.45, 7) is 11.8. The number of H-pyrrole nitrogens is 1. The molecular weight excluding hydrogens is 174 g/mol. The molecule has 1 unspecified atom stereocenters. The molecular formula is C11H21N3. The summed E-state index contributed by atoms with van der Waals surface area (Å²) >= 11 is 0. The smallest absolute Gasteiger partial charge is 0.103 e. The molecule has 3 nitrogen and oxygen atoms in total. The van der Waals surface area contributed by atoms with E-state index >= 15 is 0 Å². The molecule has 0 amide bonds. The van der Waals surface area contributed by atoms with Crippen molar-refractivity contribution >= 4 is 0 Å². The molecule has 1 heterocycles. The zero-order valence-electron chi connectivity index (χ0n) is 9.81. The maximum absolute atomic E-state index is 4.16. The van der Waals surface area contributed by atoms with Crippen LogP contribution in [0.15, 0.2) is 6.20 Å². The molecule has 0 saturated carbocycles. The Hall–Kier alpha value is -0.830. The van der Waals surface area contributed by atoms with Crippen LogP contribution < -0.4 is 5.32 Å². The predicted molar refractivity (Wildman–Crippen MR) is 59.1 cm³/mol. The van der Waals surface area contributed by atoms with E-state index in [4.69, 9.17) is 0 Å². The summed E-state index contributed by atoms with van der Waals surface area (Å²) in [6.07, 6.45) is 1.89. The molecule has 14 heavy (non-hydrogen) atoms. The molecule has 0 saturated heterocycles. The summed E-state index contributed by atoms with van der Waals surface area (Å²) in [5.74, 6) is 0.977. The van der Waals surface area contributed by atoms with Gasteiger partial charge in [-0.25, -0.2) is 4.98 Å². The van der Waals surface area contributed by atoms with E-state index in [1.807, 2.05) is 13.1 Å². The van der Waals surface area contributed by atoms with E-state index in [-0.39, 0.29) is 0 Å². The molecule has 1 aromatic rings. The minimum Gasteiger partial charge on any atom is -0.345 e. The summed E-state index contributed by atoms with van der Waals surface area (Å²) in [5.41, 5.74) is 1.45. The Morgan fingerprint density at radius 2 is 2.14 bits per heavy atom. The van der Waals surface area contributed by atoms with Crippen LogP contribution in [-0.4, -0.2) is 16.0 Å². The SMILES string of the molecule is Cc1ncc(CNC(C)C(C)(C)C)[nH]1. The maximum atomic E-state index is 4.16. The van der Waals surface area contributed by atoms with Gasteiger partial charge in [-0.1, -0.05) is 20.8 Å². The number of aromatic amines is 1. The van der Waals surface area contributed by atoms with Crippen LogP contribution >= 0.6 is 0 Å². The molecule has 0 aliphatic rings. The molecule has 1 atom stereocenters. The number of imidazole rings is 1. The van der Waals surface area contributed by atoms with Crippen LogP contribution in [0.25, 0.3) is 0 Å². The van der Waals surface area contributed by atoms with Crippen LogP contribution in [0.1, 0.15) is 39.2 Å². The molecule has 1 aromatic heterocycles. The van der Waals surface area contributed by atoms with E-state index < -0.39 is 0 Å². The minimum absolute atomic E-state index is 0.301. The fourth-order valence-electron chi connectivity index (χ4n) is 1.13. The van der Waals surface area contributed by atoms with E-state index in [0.717, 1.165) is 18.1 Å². The highest BCUT2D eigenvalue weighted by atomic mass is 15.0. The van der Waals surface area contributed by atoms with Crippen LogP contribution in [-0.2, 0) is 6.54 Å². The highest BCUT2D eigenvalue weighted by molar-refractivity contribution is 4.99. The van der Waals surface area contributed by atoms with Gasteiger partial charge in [-0.15, -0.1) is 0 Å². The van der Waals surface area contributed by atoms with E-state index in [2.05, 4.69) is 43.0 Å². The average molecular weight is 195 g/mol. The average Bonchev–Trinajstić information content (AvgIpc) is 2.45. The first-order valence-electron chi connectivity index (χ1n) is 5.13. The quantitative estimate of drug-likeness (QED) is 0.776. The molecule has 0 spiro atoms. The highest BCUT2D eigenvalue weighted by Gasteiger charge is 2.19. The Bertz CT molecular complexity index is 283. The van der Waals surface area contributed by atoms with Gasteiger partial charge in [-0.3, -0.25) is 0 Å². The zero-order valence-corrected chi connectivity index (χ0v) is 9.81. The van der Waals surface area contributed by atoms with Gasteiger partial charge in [0.05, 0.1) is 0 Å². The van der Waals surface area contributed by atoms with Gasteiger partial charge in [0.15, 0.2) is 0 Å². The monoisotopic (exact) mass is 195 g/mol. The van der Waals surface area contributed by atoms with Crippen molar-refractivity contribution in [3.63, 3.8) is 0 Å². The van der Waals surface area contributed by atoms with E-state index in [9.17, 15) is 0 Å². The van der Waals surface area contributed by atoms with Gasteiger partial charge in [-0.05, 0) is 19.3 Å². The summed E-state index contributed by atoms with van der Waals surface area (Å²) in [7, 11) is 0. The number of hydrogen-bond acceptors (Lipinski definition) is 2. The van der Waals surface area contributed by atoms with Crippen molar-refractivity contribution in [3.8, 4) is 0 Å². The Labute approximate surface area is 86.3 Å². The first-order valence-corrected chi connectivity index (χ1v) is 5.13. The zero-order chi connectivity index (χ0) is 10.8. The van der Waals surface area contributed by atoms with Crippen molar-refractivity contribution in [2.75, 3.05) is 0 Å². The fraction of sp³-hybridized carbons (Fsp3) is 0.727. The second-order valence-corrected chi connectivity index (χ2v) is 4.96. The second-order valence-electron chi connectivity index (χ2n) is 4.96. The van der Waals surface area contributed by atoms with E-state index in [1.54, 1.807) is 0 Å². The topological polar surface area (TPSA) is 40.7 Å². The summed E-state index contributed by atoms with van der Waals surface area (Å²) in [5, 5.41) is 3.48. The van der Waals surface area contributed by atoms with Gasteiger partial charge >= 0.3 is 0 Å². The third-order valence-electron chi connectivity index (χ3n) is 2.65. The largest absolute Gasteiger partial charge is 0.345 e. The van der Waals surface area contributed by atoms with E-state index in [1.165, 1.54) is 0 Å². The third kappa shape index (κ3) is 3.14. The summed E-state index contributed by atoms with van der Waals surface area (Å²) in [6, 6.07) is 0.492. The first kappa shape index (κ1) is 11.2. The molecule has 0 aromatic carbocycles. The third-order valence-corrected chi connectivity index (χ3v) is 2.65. The second kappa shape index (κ2) is 4.13. The fourth-order valence-corrected chi connectivity index (χ4v) is 1.13. The lowest BCUT2D eigenvalue weighted by Gasteiger charge is -2.28. The lowest BCUT2D eigenvalue weighted by Crippen LogP contribution is -2.37. The number of aromatic nitrogens is 2. The number of aryl methyl sites for hydroxylation is 1. The Morgan fingerprint density at radius 1 is 1.50 bits per heavy atom. The van der Waals surface area contributed by atoms with Gasteiger partial charge in [0.25, 0.3) is 0 Å².